The van der Waals surface area contributed by atoms with Crippen LogP contribution < -0.4 is 9.47 Å². The summed E-state index contributed by atoms with van der Waals surface area (Å²) in [6.07, 6.45) is 3.41. The Morgan fingerprint density at radius 1 is 0.733 bits per heavy atom. The molecule has 146 valence electrons. The molecule has 4 heteroatoms. The fourth-order valence-corrected chi connectivity index (χ4v) is 2.74. The maximum absolute atomic E-state index is 7.50. The van der Waals surface area contributed by atoms with Gasteiger partial charge in [0.2, 0.25) is 0 Å². The molecule has 0 bridgehead atoms. The van der Waals surface area contributed by atoms with Crippen LogP contribution in [0.5, 0.6) is 11.5 Å². The summed E-state index contributed by atoms with van der Waals surface area (Å²) in [5.41, 5.74) is 3.35. The van der Waals surface area contributed by atoms with Gasteiger partial charge in [-0.15, -0.1) is 0 Å². The van der Waals surface area contributed by atoms with Crippen LogP contribution in [0.15, 0.2) is 90.3 Å². The zero-order chi connectivity index (χ0) is 21.2. The summed E-state index contributed by atoms with van der Waals surface area (Å²) in [7, 11) is 1.60. The van der Waals surface area contributed by atoms with Gasteiger partial charge in [0.1, 0.15) is 18.1 Å². The third-order valence-electron chi connectivity index (χ3n) is 4.35. The number of ether oxygens (including phenoxy) is 2. The Kier molecular flexibility index (Phi) is 7.03. The zero-order valence-corrected chi connectivity index (χ0v) is 16.6. The second kappa shape index (κ2) is 10.3. The number of nitrogens with zero attached hydrogens (tertiary/aromatic N) is 2. The minimum atomic E-state index is 0.291. The third-order valence-corrected chi connectivity index (χ3v) is 4.35. The Labute approximate surface area is 177 Å². The van der Waals surface area contributed by atoms with Gasteiger partial charge in [-0.1, -0.05) is 66.7 Å². The van der Waals surface area contributed by atoms with E-state index >= 15 is 0 Å². The van der Waals surface area contributed by atoms with Gasteiger partial charge >= 0.3 is 0 Å². The average molecular weight is 392 g/mol. The van der Waals surface area contributed by atoms with Crippen molar-refractivity contribution in [2.45, 2.75) is 6.61 Å². The standard InChI is InChI=1S/C26H20N2O2/c1-27-25(17-20-9-13-23(29-3)14-10-20)26(28-2)18-21-11-15-24(16-12-21)30-19-22-7-5-4-6-8-22/h4-18H,19H2,3H3/b25-17-,26-18-. The van der Waals surface area contributed by atoms with Gasteiger partial charge in [-0.2, -0.15) is 0 Å². The molecule has 0 N–H and O–H groups in total. The van der Waals surface area contributed by atoms with Gasteiger partial charge in [0.15, 0.2) is 11.4 Å². The van der Waals surface area contributed by atoms with E-state index in [0.29, 0.717) is 18.0 Å². The number of methoxy groups -OCH3 is 1. The molecule has 3 aromatic carbocycles. The van der Waals surface area contributed by atoms with Crippen molar-refractivity contribution in [1.82, 2.24) is 0 Å². The summed E-state index contributed by atoms with van der Waals surface area (Å²) in [6, 6.07) is 24.8. The van der Waals surface area contributed by atoms with Crippen molar-refractivity contribution >= 4 is 12.2 Å². The van der Waals surface area contributed by atoms with E-state index in [2.05, 4.69) is 9.69 Å². The normalized spacial score (nSPS) is 11.3. The Hall–Kier alpha value is -4.28. The summed E-state index contributed by atoms with van der Waals surface area (Å²) >= 11 is 0. The highest BCUT2D eigenvalue weighted by atomic mass is 16.5. The smallest absolute Gasteiger partial charge is 0.195 e. The van der Waals surface area contributed by atoms with Gasteiger partial charge in [-0.3, -0.25) is 9.69 Å². The minimum Gasteiger partial charge on any atom is -0.497 e. The van der Waals surface area contributed by atoms with E-state index in [1.807, 2.05) is 78.9 Å². The lowest BCUT2D eigenvalue weighted by atomic mass is 10.1. The Bertz CT molecular complexity index is 1110. The highest BCUT2D eigenvalue weighted by Crippen LogP contribution is 2.23. The fourth-order valence-electron chi connectivity index (χ4n) is 2.74. The van der Waals surface area contributed by atoms with E-state index in [9.17, 15) is 0 Å². The Morgan fingerprint density at radius 2 is 1.23 bits per heavy atom. The molecule has 0 saturated carbocycles. The molecule has 30 heavy (non-hydrogen) atoms. The van der Waals surface area contributed by atoms with Crippen LogP contribution in [0.4, 0.5) is 0 Å². The van der Waals surface area contributed by atoms with Gasteiger partial charge in [-0.05, 0) is 41.0 Å². The second-order valence-electron chi connectivity index (χ2n) is 6.40. The summed E-state index contributed by atoms with van der Waals surface area (Å²) in [5.74, 6) is 1.49. The molecule has 0 spiro atoms. The largest absolute Gasteiger partial charge is 0.497 e. The second-order valence-corrected chi connectivity index (χ2v) is 6.40. The van der Waals surface area contributed by atoms with Crippen molar-refractivity contribution in [1.29, 1.82) is 0 Å². The SMILES string of the molecule is [C-]#[N+]C(=C\c1ccc(OC)cc1)/C(=C/c1ccc(OCc2ccccc2)cc1)[N+]#[C-]. The van der Waals surface area contributed by atoms with Crippen molar-refractivity contribution in [2.75, 3.05) is 7.11 Å². The van der Waals surface area contributed by atoms with Crippen LogP contribution in [0.1, 0.15) is 16.7 Å². The lowest BCUT2D eigenvalue weighted by Crippen LogP contribution is -1.94. The van der Waals surface area contributed by atoms with Gasteiger partial charge in [-0.25, -0.2) is 0 Å². The molecule has 0 saturated heterocycles. The maximum Gasteiger partial charge on any atom is 0.195 e. The van der Waals surface area contributed by atoms with Crippen molar-refractivity contribution < 1.29 is 9.47 Å². The molecule has 0 amide bonds. The monoisotopic (exact) mass is 392 g/mol. The fraction of sp³-hybridized carbons (Fsp3) is 0.0769. The van der Waals surface area contributed by atoms with Crippen LogP contribution in [0.25, 0.3) is 21.8 Å². The van der Waals surface area contributed by atoms with Crippen molar-refractivity contribution in [3.05, 3.63) is 130 Å². The van der Waals surface area contributed by atoms with Crippen LogP contribution >= 0.6 is 0 Å². The van der Waals surface area contributed by atoms with Crippen LogP contribution in [0, 0.1) is 13.1 Å². The Morgan fingerprint density at radius 3 is 1.70 bits per heavy atom. The molecule has 0 fully saturated rings. The van der Waals surface area contributed by atoms with Gasteiger partial charge in [0.05, 0.1) is 20.3 Å². The first-order chi connectivity index (χ1) is 14.7. The summed E-state index contributed by atoms with van der Waals surface area (Å²) in [4.78, 5) is 7.10. The molecule has 0 unspecified atom stereocenters. The van der Waals surface area contributed by atoms with E-state index in [0.717, 1.165) is 28.2 Å². The number of benzene rings is 3. The van der Waals surface area contributed by atoms with Crippen LogP contribution in [-0.2, 0) is 6.61 Å². The van der Waals surface area contributed by atoms with Crippen molar-refractivity contribution in [3.8, 4) is 11.5 Å². The van der Waals surface area contributed by atoms with E-state index in [1.165, 1.54) is 0 Å². The minimum absolute atomic E-state index is 0.291. The zero-order valence-electron chi connectivity index (χ0n) is 16.6. The molecule has 4 nitrogen and oxygen atoms in total. The molecular formula is C26H20N2O2. The molecule has 3 aromatic rings. The summed E-state index contributed by atoms with van der Waals surface area (Å²) in [6.45, 7) is 15.5. The highest BCUT2D eigenvalue weighted by Gasteiger charge is 2.07. The first-order valence-corrected chi connectivity index (χ1v) is 9.31. The van der Waals surface area contributed by atoms with Gasteiger partial charge in [0, 0.05) is 0 Å². The van der Waals surface area contributed by atoms with Crippen LogP contribution in [-0.4, -0.2) is 7.11 Å². The molecule has 0 aliphatic carbocycles. The molecule has 0 atom stereocenters. The first kappa shape index (κ1) is 20.5. The Balaban J connectivity index is 1.74. The molecule has 0 aliphatic rings. The maximum atomic E-state index is 7.50. The number of hydrogen-bond donors (Lipinski definition) is 0. The summed E-state index contributed by atoms with van der Waals surface area (Å²) < 4.78 is 10.9. The number of rotatable bonds is 7. The predicted octanol–water partition coefficient (Wildman–Crippen LogP) is 6.49. The lowest BCUT2D eigenvalue weighted by molar-refractivity contribution is 0.306. The van der Waals surface area contributed by atoms with Gasteiger partial charge in [0.25, 0.3) is 0 Å². The van der Waals surface area contributed by atoms with Crippen LogP contribution in [0.2, 0.25) is 0 Å². The topological polar surface area (TPSA) is 27.2 Å². The molecule has 0 radical (unpaired) electrons. The van der Waals surface area contributed by atoms with E-state index in [-0.39, 0.29) is 0 Å². The predicted molar refractivity (Wildman–Crippen MR) is 119 cm³/mol. The third kappa shape index (κ3) is 5.61. The summed E-state index contributed by atoms with van der Waals surface area (Å²) in [5, 5.41) is 0. The highest BCUT2D eigenvalue weighted by molar-refractivity contribution is 5.69. The molecule has 0 heterocycles. The quantitative estimate of drug-likeness (QED) is 0.339. The van der Waals surface area contributed by atoms with Crippen molar-refractivity contribution in [3.63, 3.8) is 0 Å². The molecule has 0 aliphatic heterocycles. The van der Waals surface area contributed by atoms with E-state index in [1.54, 1.807) is 19.3 Å². The molecular weight excluding hydrogens is 372 g/mol. The van der Waals surface area contributed by atoms with Crippen molar-refractivity contribution in [2.24, 2.45) is 0 Å². The lowest BCUT2D eigenvalue weighted by Gasteiger charge is -2.06. The van der Waals surface area contributed by atoms with E-state index < -0.39 is 0 Å². The average Bonchev–Trinajstić information content (AvgIpc) is 2.81. The van der Waals surface area contributed by atoms with Gasteiger partial charge < -0.3 is 9.47 Å². The number of hydrogen-bond acceptors (Lipinski definition) is 2. The first-order valence-electron chi connectivity index (χ1n) is 9.31. The molecule has 0 aromatic heterocycles. The molecule has 3 rings (SSSR count). The van der Waals surface area contributed by atoms with E-state index in [4.69, 9.17) is 22.6 Å². The van der Waals surface area contributed by atoms with Crippen LogP contribution in [0.3, 0.4) is 0 Å².